The third-order valence-electron chi connectivity index (χ3n) is 4.54. The van der Waals surface area contributed by atoms with Crippen molar-refractivity contribution in [2.45, 2.75) is 38.9 Å². The van der Waals surface area contributed by atoms with Crippen LogP contribution in [0.3, 0.4) is 0 Å². The molecule has 3 heterocycles. The summed E-state index contributed by atoms with van der Waals surface area (Å²) in [6.07, 6.45) is 6.22. The van der Waals surface area contributed by atoms with E-state index in [4.69, 9.17) is 4.52 Å². The molecule has 0 amide bonds. The van der Waals surface area contributed by atoms with Crippen LogP contribution >= 0.6 is 0 Å². The molecule has 1 aromatic carbocycles. The van der Waals surface area contributed by atoms with Crippen LogP contribution in [0, 0.1) is 6.92 Å². The van der Waals surface area contributed by atoms with Gasteiger partial charge < -0.3 is 4.52 Å². The zero-order valence-corrected chi connectivity index (χ0v) is 13.8. The first-order valence-electron chi connectivity index (χ1n) is 8.39. The fraction of sp³-hybridized carbons (Fsp3) is 0.389. The van der Waals surface area contributed by atoms with Crippen molar-refractivity contribution in [2.24, 2.45) is 0 Å². The topological polar surface area (TPSA) is 60.0 Å². The first-order valence-corrected chi connectivity index (χ1v) is 8.39. The minimum atomic E-state index is 0.471. The van der Waals surface area contributed by atoms with Gasteiger partial charge >= 0.3 is 0 Å². The summed E-state index contributed by atoms with van der Waals surface area (Å²) in [6, 6.07) is 10.6. The molecular formula is C18H21N5O. The SMILES string of the molecule is Cc1cccc(-c2noc(CN3CCC[C@@H]3Cn3cccn3)n2)c1. The molecule has 1 fully saturated rings. The van der Waals surface area contributed by atoms with Crippen LogP contribution in [-0.4, -0.2) is 37.4 Å². The Kier molecular flexibility index (Phi) is 4.13. The molecule has 6 nitrogen and oxygen atoms in total. The third-order valence-corrected chi connectivity index (χ3v) is 4.54. The van der Waals surface area contributed by atoms with E-state index in [1.165, 1.54) is 18.4 Å². The van der Waals surface area contributed by atoms with Crippen LogP contribution in [0.4, 0.5) is 0 Å². The van der Waals surface area contributed by atoms with Crippen LogP contribution in [0.25, 0.3) is 11.4 Å². The summed E-state index contributed by atoms with van der Waals surface area (Å²) in [5.41, 5.74) is 2.19. The van der Waals surface area contributed by atoms with Gasteiger partial charge in [-0.25, -0.2) is 0 Å². The number of aromatic nitrogens is 4. The van der Waals surface area contributed by atoms with Crippen LogP contribution < -0.4 is 0 Å². The maximum absolute atomic E-state index is 5.48. The molecule has 0 spiro atoms. The Bertz CT molecular complexity index is 795. The fourth-order valence-electron chi connectivity index (χ4n) is 3.33. The summed E-state index contributed by atoms with van der Waals surface area (Å²) in [5.74, 6) is 1.34. The van der Waals surface area contributed by atoms with E-state index >= 15 is 0 Å². The molecule has 6 heteroatoms. The monoisotopic (exact) mass is 323 g/mol. The second-order valence-corrected chi connectivity index (χ2v) is 6.38. The maximum Gasteiger partial charge on any atom is 0.241 e. The molecule has 1 atom stereocenters. The van der Waals surface area contributed by atoms with Gasteiger partial charge in [0, 0.05) is 24.0 Å². The van der Waals surface area contributed by atoms with E-state index in [9.17, 15) is 0 Å². The lowest BCUT2D eigenvalue weighted by Gasteiger charge is -2.22. The second-order valence-electron chi connectivity index (χ2n) is 6.38. The summed E-state index contributed by atoms with van der Waals surface area (Å²) >= 11 is 0. The Morgan fingerprint density at radius 2 is 2.25 bits per heavy atom. The molecule has 24 heavy (non-hydrogen) atoms. The Balaban J connectivity index is 1.45. The molecule has 0 unspecified atom stereocenters. The predicted molar refractivity (Wildman–Crippen MR) is 90.1 cm³/mol. The van der Waals surface area contributed by atoms with E-state index in [2.05, 4.69) is 39.2 Å². The Labute approximate surface area is 141 Å². The van der Waals surface area contributed by atoms with Gasteiger partial charge in [-0.15, -0.1) is 0 Å². The highest BCUT2D eigenvalue weighted by Crippen LogP contribution is 2.22. The van der Waals surface area contributed by atoms with E-state index in [1.807, 2.05) is 35.3 Å². The molecule has 0 N–H and O–H groups in total. The van der Waals surface area contributed by atoms with Crippen molar-refractivity contribution in [3.63, 3.8) is 0 Å². The molecule has 1 aliphatic rings. The van der Waals surface area contributed by atoms with Gasteiger partial charge in [0.15, 0.2) is 0 Å². The average Bonchev–Trinajstić information content (AvgIpc) is 3.32. The Morgan fingerprint density at radius 1 is 1.29 bits per heavy atom. The molecule has 1 aliphatic heterocycles. The fourth-order valence-corrected chi connectivity index (χ4v) is 3.33. The van der Waals surface area contributed by atoms with Gasteiger partial charge in [-0.1, -0.05) is 28.9 Å². The first kappa shape index (κ1) is 15.1. The van der Waals surface area contributed by atoms with Crippen LogP contribution in [0.1, 0.15) is 24.3 Å². The summed E-state index contributed by atoms with van der Waals surface area (Å²) in [7, 11) is 0. The number of benzene rings is 1. The van der Waals surface area contributed by atoms with Crippen LogP contribution in [0.2, 0.25) is 0 Å². The molecule has 124 valence electrons. The first-order chi connectivity index (χ1) is 11.8. The molecule has 4 rings (SSSR count). The van der Waals surface area contributed by atoms with Crippen molar-refractivity contribution in [1.82, 2.24) is 24.8 Å². The lowest BCUT2D eigenvalue weighted by atomic mass is 10.1. The number of rotatable bonds is 5. The van der Waals surface area contributed by atoms with Crippen molar-refractivity contribution in [2.75, 3.05) is 6.54 Å². The maximum atomic E-state index is 5.48. The Morgan fingerprint density at radius 3 is 3.08 bits per heavy atom. The highest BCUT2D eigenvalue weighted by molar-refractivity contribution is 5.55. The average molecular weight is 323 g/mol. The van der Waals surface area contributed by atoms with Crippen LogP contribution in [0.15, 0.2) is 47.2 Å². The molecular weight excluding hydrogens is 302 g/mol. The minimum absolute atomic E-state index is 0.471. The van der Waals surface area contributed by atoms with E-state index in [0.717, 1.165) is 18.7 Å². The normalized spacial score (nSPS) is 18.3. The molecule has 0 radical (unpaired) electrons. The number of likely N-dealkylation sites (tertiary alicyclic amines) is 1. The van der Waals surface area contributed by atoms with Gasteiger partial charge in [0.25, 0.3) is 0 Å². The van der Waals surface area contributed by atoms with E-state index in [0.29, 0.717) is 24.3 Å². The summed E-state index contributed by atoms with van der Waals surface area (Å²) < 4.78 is 7.47. The van der Waals surface area contributed by atoms with Gasteiger partial charge in [0.1, 0.15) is 0 Å². The summed E-state index contributed by atoms with van der Waals surface area (Å²) in [4.78, 5) is 6.99. The smallest absolute Gasteiger partial charge is 0.241 e. The largest absolute Gasteiger partial charge is 0.338 e. The van der Waals surface area contributed by atoms with Crippen LogP contribution in [-0.2, 0) is 13.1 Å². The highest BCUT2D eigenvalue weighted by atomic mass is 16.5. The molecule has 2 aromatic heterocycles. The Hall–Kier alpha value is -2.47. The minimum Gasteiger partial charge on any atom is -0.338 e. The van der Waals surface area contributed by atoms with Crippen molar-refractivity contribution >= 4 is 0 Å². The third kappa shape index (κ3) is 3.23. The van der Waals surface area contributed by atoms with Crippen LogP contribution in [0.5, 0.6) is 0 Å². The molecule has 1 saturated heterocycles. The van der Waals surface area contributed by atoms with Gasteiger partial charge in [-0.3, -0.25) is 9.58 Å². The summed E-state index contributed by atoms with van der Waals surface area (Å²) in [5, 5.41) is 8.45. The lowest BCUT2D eigenvalue weighted by molar-refractivity contribution is 0.192. The standard InChI is InChI=1S/C18H21N5O/c1-14-5-2-6-15(11-14)18-20-17(24-21-18)13-22-9-3-7-16(22)12-23-10-4-8-19-23/h2,4-6,8,10-11,16H,3,7,9,12-13H2,1H3/t16-/m1/s1. The lowest BCUT2D eigenvalue weighted by Crippen LogP contribution is -2.32. The zero-order chi connectivity index (χ0) is 16.4. The number of hydrogen-bond acceptors (Lipinski definition) is 5. The zero-order valence-electron chi connectivity index (χ0n) is 13.8. The van der Waals surface area contributed by atoms with E-state index < -0.39 is 0 Å². The summed E-state index contributed by atoms with van der Waals surface area (Å²) in [6.45, 7) is 4.74. The second kappa shape index (κ2) is 6.57. The molecule has 3 aromatic rings. The van der Waals surface area contributed by atoms with Gasteiger partial charge in [0.2, 0.25) is 11.7 Å². The number of aryl methyl sites for hydroxylation is 1. The quantitative estimate of drug-likeness (QED) is 0.722. The van der Waals surface area contributed by atoms with Gasteiger partial charge in [0.05, 0.1) is 13.1 Å². The number of nitrogens with zero attached hydrogens (tertiary/aromatic N) is 5. The van der Waals surface area contributed by atoms with Crippen molar-refractivity contribution in [3.05, 3.63) is 54.2 Å². The van der Waals surface area contributed by atoms with Gasteiger partial charge in [-0.2, -0.15) is 10.1 Å². The molecule has 0 aliphatic carbocycles. The van der Waals surface area contributed by atoms with Gasteiger partial charge in [-0.05, 0) is 38.4 Å². The molecule has 0 bridgehead atoms. The van der Waals surface area contributed by atoms with E-state index in [1.54, 1.807) is 0 Å². The van der Waals surface area contributed by atoms with E-state index in [-0.39, 0.29) is 0 Å². The highest BCUT2D eigenvalue weighted by Gasteiger charge is 2.26. The van der Waals surface area contributed by atoms with Crippen molar-refractivity contribution < 1.29 is 4.52 Å². The predicted octanol–water partition coefficient (Wildman–Crippen LogP) is 2.91. The van der Waals surface area contributed by atoms with Crippen molar-refractivity contribution in [3.8, 4) is 11.4 Å². The number of hydrogen-bond donors (Lipinski definition) is 0. The van der Waals surface area contributed by atoms with Crippen molar-refractivity contribution in [1.29, 1.82) is 0 Å². The molecule has 0 saturated carbocycles.